The lowest BCUT2D eigenvalue weighted by Gasteiger charge is -2.05. The third kappa shape index (κ3) is 3.53. The van der Waals surface area contributed by atoms with Gasteiger partial charge >= 0.3 is 0 Å². The Morgan fingerprint density at radius 1 is 0.906 bits per heavy atom. The van der Waals surface area contributed by atoms with Gasteiger partial charge in [0.25, 0.3) is 5.91 Å². The lowest BCUT2D eigenvalue weighted by molar-refractivity contribution is -0.658. The molecule has 2 aromatic heterocycles. The van der Waals surface area contributed by atoms with Gasteiger partial charge in [0.05, 0.1) is 12.0 Å². The summed E-state index contributed by atoms with van der Waals surface area (Å²) in [6, 6.07) is 24.7. The lowest BCUT2D eigenvalue weighted by atomic mass is 10.1. The smallest absolute Gasteiger partial charge is 0.283 e. The Morgan fingerprint density at radius 2 is 1.66 bits per heavy atom. The molecule has 0 aliphatic heterocycles. The third-order valence-electron chi connectivity index (χ3n) is 5.86. The lowest BCUT2D eigenvalue weighted by Crippen LogP contribution is -2.41. The molecular weight excluding hydrogens is 398 g/mol. The molecule has 5 rings (SSSR count). The van der Waals surface area contributed by atoms with Crippen molar-refractivity contribution in [2.45, 2.75) is 13.1 Å². The van der Waals surface area contributed by atoms with E-state index in [4.69, 9.17) is 5.73 Å². The molecule has 2 heterocycles. The zero-order valence-corrected chi connectivity index (χ0v) is 17.6. The number of nitrogens with two attached hydrogens (primary N) is 1. The first kappa shape index (κ1) is 20.0. The maximum Gasteiger partial charge on any atom is 0.283 e. The van der Waals surface area contributed by atoms with Crippen molar-refractivity contribution in [3.05, 3.63) is 90.1 Å². The van der Waals surface area contributed by atoms with Crippen molar-refractivity contribution in [2.24, 2.45) is 5.73 Å². The number of hydrogen-bond donors (Lipinski definition) is 2. The van der Waals surface area contributed by atoms with E-state index in [1.165, 1.54) is 10.8 Å². The summed E-state index contributed by atoms with van der Waals surface area (Å²) in [4.78, 5) is 11.4. The van der Waals surface area contributed by atoms with Crippen LogP contribution in [0.1, 0.15) is 11.1 Å². The van der Waals surface area contributed by atoms with Crippen LogP contribution in [-0.4, -0.2) is 22.2 Å². The molecule has 32 heavy (non-hydrogen) atoms. The maximum atomic E-state index is 11.4. The zero-order valence-electron chi connectivity index (χ0n) is 17.6. The van der Waals surface area contributed by atoms with Crippen LogP contribution < -0.4 is 10.3 Å². The summed E-state index contributed by atoms with van der Waals surface area (Å²) in [6.07, 6.45) is 6.11. The topological polar surface area (TPSA) is 72.1 Å². The quantitative estimate of drug-likeness (QED) is 0.408. The average molecular weight is 423 g/mol. The van der Waals surface area contributed by atoms with E-state index in [2.05, 4.69) is 53.1 Å². The fraction of sp³-hybridized carbons (Fsp3) is 0.111. The molecule has 0 aliphatic carbocycles. The SMILES string of the molecule is NC(=O)C[n+]1ccc(/C=C/c2ccc3c(c2)c2ccccc2n3CCO)c2ccccc21. The summed E-state index contributed by atoms with van der Waals surface area (Å²) in [5, 5.41) is 12.9. The molecule has 3 N–H and O–H groups in total. The van der Waals surface area contributed by atoms with E-state index in [0.29, 0.717) is 6.54 Å². The van der Waals surface area contributed by atoms with E-state index in [0.717, 1.165) is 33.1 Å². The summed E-state index contributed by atoms with van der Waals surface area (Å²) in [5.41, 5.74) is 10.8. The Labute approximate surface area is 185 Å². The van der Waals surface area contributed by atoms with Crippen LogP contribution in [0.2, 0.25) is 0 Å². The van der Waals surface area contributed by atoms with Crippen molar-refractivity contribution in [2.75, 3.05) is 6.61 Å². The Hall–Kier alpha value is -3.96. The maximum absolute atomic E-state index is 11.4. The van der Waals surface area contributed by atoms with Gasteiger partial charge in [-0.1, -0.05) is 48.6 Å². The van der Waals surface area contributed by atoms with Crippen molar-refractivity contribution >= 4 is 50.8 Å². The number of carbonyl (C=O) groups excluding carboxylic acids is 1. The Kier molecular flexibility index (Phi) is 5.17. The second kappa shape index (κ2) is 8.29. The number of nitrogens with zero attached hydrogens (tertiary/aromatic N) is 2. The number of benzene rings is 3. The predicted molar refractivity (Wildman–Crippen MR) is 129 cm³/mol. The number of fused-ring (bicyclic) bond motifs is 4. The minimum absolute atomic E-state index is 0.103. The summed E-state index contributed by atoms with van der Waals surface area (Å²) >= 11 is 0. The Balaban J connectivity index is 1.58. The molecule has 0 fully saturated rings. The molecule has 0 aliphatic rings. The highest BCUT2D eigenvalue weighted by molar-refractivity contribution is 6.08. The monoisotopic (exact) mass is 422 g/mol. The Morgan fingerprint density at radius 3 is 2.47 bits per heavy atom. The zero-order chi connectivity index (χ0) is 22.1. The minimum atomic E-state index is -0.364. The largest absolute Gasteiger partial charge is 0.395 e. The van der Waals surface area contributed by atoms with Gasteiger partial charge < -0.3 is 15.4 Å². The molecule has 0 bridgehead atoms. The van der Waals surface area contributed by atoms with E-state index in [1.807, 2.05) is 47.2 Å². The summed E-state index contributed by atoms with van der Waals surface area (Å²) in [5.74, 6) is -0.364. The van der Waals surface area contributed by atoms with Crippen LogP contribution in [0, 0.1) is 0 Å². The highest BCUT2D eigenvalue weighted by atomic mass is 16.3. The van der Waals surface area contributed by atoms with Crippen LogP contribution in [-0.2, 0) is 17.9 Å². The molecule has 0 atom stereocenters. The number of para-hydroxylation sites is 2. The van der Waals surface area contributed by atoms with Gasteiger partial charge in [-0.15, -0.1) is 0 Å². The number of hydrogen-bond acceptors (Lipinski definition) is 2. The van der Waals surface area contributed by atoms with Gasteiger partial charge in [-0.2, -0.15) is 4.57 Å². The van der Waals surface area contributed by atoms with E-state index < -0.39 is 0 Å². The number of primary amides is 1. The molecule has 5 nitrogen and oxygen atoms in total. The molecule has 5 aromatic rings. The first-order valence-corrected chi connectivity index (χ1v) is 10.6. The number of carbonyl (C=O) groups is 1. The number of rotatable bonds is 6. The summed E-state index contributed by atoms with van der Waals surface area (Å²) < 4.78 is 4.04. The number of aromatic nitrogens is 2. The molecule has 0 spiro atoms. The van der Waals surface area contributed by atoms with Crippen molar-refractivity contribution in [1.29, 1.82) is 0 Å². The normalized spacial score (nSPS) is 11.8. The molecule has 0 saturated carbocycles. The first-order valence-electron chi connectivity index (χ1n) is 10.6. The van der Waals surface area contributed by atoms with E-state index in [1.54, 1.807) is 0 Å². The second-order valence-corrected chi connectivity index (χ2v) is 7.88. The van der Waals surface area contributed by atoms with Gasteiger partial charge in [-0.25, -0.2) is 0 Å². The van der Waals surface area contributed by atoms with Crippen LogP contribution in [0.4, 0.5) is 0 Å². The van der Waals surface area contributed by atoms with Crippen LogP contribution in [0.3, 0.4) is 0 Å². The standard InChI is InChI=1S/C27H23N3O2/c28-27(32)18-29-14-13-20(21-5-1-3-7-24(21)29)11-9-19-10-12-26-23(17-19)22-6-2-4-8-25(22)30(26)15-16-31/h1-14,17,31H,15-16,18H2,(H-,28,32)/p+1. The van der Waals surface area contributed by atoms with Crippen molar-refractivity contribution < 1.29 is 14.5 Å². The van der Waals surface area contributed by atoms with Gasteiger partial charge in [0, 0.05) is 40.5 Å². The van der Waals surface area contributed by atoms with Crippen molar-refractivity contribution in [1.82, 2.24) is 4.57 Å². The van der Waals surface area contributed by atoms with Crippen LogP contribution in [0.5, 0.6) is 0 Å². The first-order chi connectivity index (χ1) is 15.7. The predicted octanol–water partition coefficient (Wildman–Crippen LogP) is 3.88. The molecule has 1 amide bonds. The van der Waals surface area contributed by atoms with Gasteiger partial charge in [0.15, 0.2) is 6.20 Å². The van der Waals surface area contributed by atoms with Crippen LogP contribution in [0.15, 0.2) is 79.0 Å². The molecule has 0 radical (unpaired) electrons. The molecule has 158 valence electrons. The fourth-order valence-corrected chi connectivity index (χ4v) is 4.46. The molecule has 3 aromatic carbocycles. The summed E-state index contributed by atoms with van der Waals surface area (Å²) in [6.45, 7) is 0.825. The molecule has 0 unspecified atom stereocenters. The Bertz CT molecular complexity index is 1500. The van der Waals surface area contributed by atoms with Crippen molar-refractivity contribution in [3.63, 3.8) is 0 Å². The third-order valence-corrected chi connectivity index (χ3v) is 5.86. The fourth-order valence-electron chi connectivity index (χ4n) is 4.46. The number of pyridine rings is 1. The van der Waals surface area contributed by atoms with Gasteiger partial charge in [-0.05, 0) is 35.4 Å². The minimum Gasteiger partial charge on any atom is -0.395 e. The van der Waals surface area contributed by atoms with Crippen LogP contribution in [0.25, 0.3) is 44.9 Å². The highest BCUT2D eigenvalue weighted by Crippen LogP contribution is 2.30. The van der Waals surface area contributed by atoms with Gasteiger partial charge in [0.2, 0.25) is 12.1 Å². The van der Waals surface area contributed by atoms with E-state index >= 15 is 0 Å². The van der Waals surface area contributed by atoms with Gasteiger partial charge in [-0.3, -0.25) is 4.79 Å². The molecule has 5 heteroatoms. The van der Waals surface area contributed by atoms with Crippen LogP contribution >= 0.6 is 0 Å². The van der Waals surface area contributed by atoms with Crippen molar-refractivity contribution in [3.8, 4) is 0 Å². The second-order valence-electron chi connectivity index (χ2n) is 7.88. The van der Waals surface area contributed by atoms with E-state index in [-0.39, 0.29) is 19.1 Å². The number of aliphatic hydroxyl groups excluding tert-OH is 1. The molecule has 0 saturated heterocycles. The summed E-state index contributed by atoms with van der Waals surface area (Å²) in [7, 11) is 0. The van der Waals surface area contributed by atoms with E-state index in [9.17, 15) is 9.90 Å². The number of amides is 1. The van der Waals surface area contributed by atoms with Gasteiger partial charge in [0.1, 0.15) is 0 Å². The highest BCUT2D eigenvalue weighted by Gasteiger charge is 2.13. The average Bonchev–Trinajstić information content (AvgIpc) is 3.12. The molecular formula is C27H24N3O2+. The number of aliphatic hydroxyl groups is 1.